The van der Waals surface area contributed by atoms with Crippen molar-refractivity contribution in [3.63, 3.8) is 0 Å². The quantitative estimate of drug-likeness (QED) is 0.898. The summed E-state index contributed by atoms with van der Waals surface area (Å²) in [7, 11) is 0. The molecule has 2 fully saturated rings. The molecule has 1 aliphatic carbocycles. The molecular formula is C18H25FN2O. The SMILES string of the molecule is O=C1CC[C@H](NCC2(c3ccc(F)cc3)CCCC2)CCN1. The molecule has 0 spiro atoms. The summed E-state index contributed by atoms with van der Waals surface area (Å²) in [5, 5.41) is 6.62. The van der Waals surface area contributed by atoms with Crippen LogP contribution in [-0.4, -0.2) is 25.0 Å². The fourth-order valence-corrected chi connectivity index (χ4v) is 3.89. The van der Waals surface area contributed by atoms with Gasteiger partial charge >= 0.3 is 0 Å². The monoisotopic (exact) mass is 304 g/mol. The standard InChI is InChI=1S/C18H25FN2O/c19-15-5-3-14(4-6-15)18(10-1-2-11-18)13-21-16-7-8-17(22)20-12-9-16/h3-6,16,21H,1-2,7-13H2,(H,20,22)/t16-/m0/s1. The molecule has 1 heterocycles. The predicted molar refractivity (Wildman–Crippen MR) is 85.2 cm³/mol. The molecule has 3 nitrogen and oxygen atoms in total. The zero-order valence-electron chi connectivity index (χ0n) is 13.0. The first-order valence-corrected chi connectivity index (χ1v) is 8.44. The molecule has 1 saturated heterocycles. The van der Waals surface area contributed by atoms with Crippen molar-refractivity contribution in [1.29, 1.82) is 0 Å². The van der Waals surface area contributed by atoms with E-state index >= 15 is 0 Å². The van der Waals surface area contributed by atoms with Crippen molar-refractivity contribution in [2.45, 2.75) is 56.4 Å². The Bertz CT molecular complexity index is 508. The lowest BCUT2D eigenvalue weighted by Crippen LogP contribution is -2.41. The average molecular weight is 304 g/mol. The number of hydrogen-bond acceptors (Lipinski definition) is 2. The van der Waals surface area contributed by atoms with Gasteiger partial charge in [0.2, 0.25) is 5.91 Å². The van der Waals surface area contributed by atoms with Crippen LogP contribution >= 0.6 is 0 Å². The molecule has 120 valence electrons. The second-order valence-corrected chi connectivity index (χ2v) is 6.75. The number of carbonyl (C=O) groups excluding carboxylic acids is 1. The maximum Gasteiger partial charge on any atom is 0.220 e. The Labute approximate surface area is 131 Å². The zero-order chi connectivity index (χ0) is 15.4. The van der Waals surface area contributed by atoms with Gasteiger partial charge in [-0.2, -0.15) is 0 Å². The van der Waals surface area contributed by atoms with Crippen LogP contribution < -0.4 is 10.6 Å². The first-order valence-electron chi connectivity index (χ1n) is 8.44. The molecule has 22 heavy (non-hydrogen) atoms. The molecule has 1 saturated carbocycles. The second kappa shape index (κ2) is 6.78. The Morgan fingerprint density at radius 2 is 1.91 bits per heavy atom. The zero-order valence-corrected chi connectivity index (χ0v) is 13.0. The van der Waals surface area contributed by atoms with Crippen LogP contribution in [0.2, 0.25) is 0 Å². The van der Waals surface area contributed by atoms with E-state index in [4.69, 9.17) is 0 Å². The van der Waals surface area contributed by atoms with Crippen LogP contribution in [0.15, 0.2) is 24.3 Å². The fourth-order valence-electron chi connectivity index (χ4n) is 3.89. The highest BCUT2D eigenvalue weighted by molar-refractivity contribution is 5.76. The molecule has 1 aliphatic heterocycles. The normalized spacial score (nSPS) is 24.8. The molecule has 0 aromatic heterocycles. The third kappa shape index (κ3) is 3.49. The molecular weight excluding hydrogens is 279 g/mol. The second-order valence-electron chi connectivity index (χ2n) is 6.75. The maximum atomic E-state index is 13.2. The molecule has 0 unspecified atom stereocenters. The van der Waals surface area contributed by atoms with Crippen LogP contribution in [0, 0.1) is 5.82 Å². The largest absolute Gasteiger partial charge is 0.356 e. The Hall–Kier alpha value is -1.42. The smallest absolute Gasteiger partial charge is 0.220 e. The molecule has 1 amide bonds. The number of amides is 1. The van der Waals surface area contributed by atoms with Gasteiger partial charge in [-0.1, -0.05) is 25.0 Å². The van der Waals surface area contributed by atoms with E-state index < -0.39 is 0 Å². The van der Waals surface area contributed by atoms with Gasteiger partial charge in [0.15, 0.2) is 0 Å². The lowest BCUT2D eigenvalue weighted by atomic mass is 9.78. The summed E-state index contributed by atoms with van der Waals surface area (Å²) in [5.41, 5.74) is 1.39. The third-order valence-corrected chi connectivity index (χ3v) is 5.28. The van der Waals surface area contributed by atoms with E-state index in [9.17, 15) is 9.18 Å². The lowest BCUT2D eigenvalue weighted by molar-refractivity contribution is -0.120. The topological polar surface area (TPSA) is 41.1 Å². The van der Waals surface area contributed by atoms with E-state index in [1.165, 1.54) is 18.4 Å². The summed E-state index contributed by atoms with van der Waals surface area (Å²) in [6, 6.07) is 7.44. The number of hydrogen-bond donors (Lipinski definition) is 2. The molecule has 1 aromatic carbocycles. The van der Waals surface area contributed by atoms with Gasteiger partial charge in [-0.05, 0) is 43.4 Å². The van der Waals surface area contributed by atoms with Crippen LogP contribution in [0.1, 0.15) is 50.5 Å². The van der Waals surface area contributed by atoms with Gasteiger partial charge < -0.3 is 10.6 Å². The van der Waals surface area contributed by atoms with E-state index in [0.29, 0.717) is 12.5 Å². The van der Waals surface area contributed by atoms with Crippen molar-refractivity contribution in [1.82, 2.24) is 10.6 Å². The summed E-state index contributed by atoms with van der Waals surface area (Å²) < 4.78 is 13.2. The van der Waals surface area contributed by atoms with Crippen molar-refractivity contribution in [3.8, 4) is 0 Å². The minimum Gasteiger partial charge on any atom is -0.356 e. The van der Waals surface area contributed by atoms with Crippen LogP contribution in [0.4, 0.5) is 4.39 Å². The highest BCUT2D eigenvalue weighted by Gasteiger charge is 2.36. The lowest BCUT2D eigenvalue weighted by Gasteiger charge is -2.32. The minimum atomic E-state index is -0.168. The van der Waals surface area contributed by atoms with Gasteiger partial charge in [0, 0.05) is 31.0 Å². The van der Waals surface area contributed by atoms with Crippen LogP contribution in [0.25, 0.3) is 0 Å². The van der Waals surface area contributed by atoms with Gasteiger partial charge in [0.25, 0.3) is 0 Å². The van der Waals surface area contributed by atoms with E-state index in [2.05, 4.69) is 10.6 Å². The summed E-state index contributed by atoms with van der Waals surface area (Å²) in [5.74, 6) is -0.00312. The van der Waals surface area contributed by atoms with Crippen molar-refractivity contribution in [2.24, 2.45) is 0 Å². The first-order chi connectivity index (χ1) is 10.7. The van der Waals surface area contributed by atoms with Gasteiger partial charge in [-0.15, -0.1) is 0 Å². The first kappa shape index (κ1) is 15.5. The maximum absolute atomic E-state index is 13.2. The van der Waals surface area contributed by atoms with Gasteiger partial charge in [0.1, 0.15) is 5.82 Å². The van der Waals surface area contributed by atoms with E-state index in [-0.39, 0.29) is 17.1 Å². The van der Waals surface area contributed by atoms with Gasteiger partial charge in [-0.25, -0.2) is 4.39 Å². The Kier molecular flexibility index (Phi) is 4.77. The van der Waals surface area contributed by atoms with Gasteiger partial charge in [0.05, 0.1) is 0 Å². The Morgan fingerprint density at radius 3 is 2.64 bits per heavy atom. The molecule has 0 radical (unpaired) electrons. The van der Waals surface area contributed by atoms with Crippen molar-refractivity contribution >= 4 is 5.91 Å². The number of benzene rings is 1. The number of nitrogens with one attached hydrogen (secondary N) is 2. The highest BCUT2D eigenvalue weighted by Crippen LogP contribution is 2.40. The Balaban J connectivity index is 1.66. The number of halogens is 1. The van der Waals surface area contributed by atoms with Crippen LogP contribution in [-0.2, 0) is 10.2 Å². The third-order valence-electron chi connectivity index (χ3n) is 5.28. The summed E-state index contributed by atoms with van der Waals surface area (Å²) >= 11 is 0. The molecule has 2 aliphatic rings. The van der Waals surface area contributed by atoms with E-state index in [1.807, 2.05) is 12.1 Å². The van der Waals surface area contributed by atoms with Crippen LogP contribution in [0.5, 0.6) is 0 Å². The van der Waals surface area contributed by atoms with E-state index in [1.54, 1.807) is 12.1 Å². The highest BCUT2D eigenvalue weighted by atomic mass is 19.1. The van der Waals surface area contributed by atoms with Crippen molar-refractivity contribution in [3.05, 3.63) is 35.6 Å². The summed E-state index contributed by atoms with van der Waals surface area (Å²) in [4.78, 5) is 11.4. The van der Waals surface area contributed by atoms with Crippen molar-refractivity contribution in [2.75, 3.05) is 13.1 Å². The summed E-state index contributed by atoms with van der Waals surface area (Å²) in [6.45, 7) is 1.69. The number of rotatable bonds is 4. The molecule has 3 rings (SSSR count). The number of carbonyl (C=O) groups is 1. The molecule has 1 aromatic rings. The van der Waals surface area contributed by atoms with Crippen molar-refractivity contribution < 1.29 is 9.18 Å². The van der Waals surface area contributed by atoms with E-state index in [0.717, 1.165) is 38.8 Å². The van der Waals surface area contributed by atoms with Gasteiger partial charge in [-0.3, -0.25) is 4.79 Å². The molecule has 2 N–H and O–H groups in total. The van der Waals surface area contributed by atoms with Crippen LogP contribution in [0.3, 0.4) is 0 Å². The molecule has 0 bridgehead atoms. The fraction of sp³-hybridized carbons (Fsp3) is 0.611. The minimum absolute atomic E-state index is 0.136. The Morgan fingerprint density at radius 1 is 1.18 bits per heavy atom. The molecule has 1 atom stereocenters. The average Bonchev–Trinajstić information content (AvgIpc) is 2.90. The summed E-state index contributed by atoms with van der Waals surface area (Å²) in [6.07, 6.45) is 7.32. The predicted octanol–water partition coefficient (Wildman–Crippen LogP) is 2.90. The molecule has 4 heteroatoms.